The minimum absolute atomic E-state index is 0.167. The molecule has 5 heteroatoms. The summed E-state index contributed by atoms with van der Waals surface area (Å²) in [6, 6.07) is 0.958. The van der Waals surface area contributed by atoms with Crippen LogP contribution in [0.3, 0.4) is 0 Å². The summed E-state index contributed by atoms with van der Waals surface area (Å²) in [4.78, 5) is 14.4. The molecule has 1 amide bonds. The summed E-state index contributed by atoms with van der Waals surface area (Å²) >= 11 is 0. The molecule has 116 valence electrons. The van der Waals surface area contributed by atoms with Gasteiger partial charge in [-0.1, -0.05) is 0 Å². The van der Waals surface area contributed by atoms with Crippen LogP contribution < -0.4 is 11.1 Å². The second kappa shape index (κ2) is 6.87. The van der Waals surface area contributed by atoms with Crippen molar-refractivity contribution in [3.63, 3.8) is 0 Å². The van der Waals surface area contributed by atoms with Crippen LogP contribution in [0.5, 0.6) is 0 Å². The number of nitrogens with zero attached hydrogens (tertiary/aromatic N) is 1. The van der Waals surface area contributed by atoms with E-state index < -0.39 is 5.54 Å². The molecule has 2 rings (SSSR count). The van der Waals surface area contributed by atoms with Crippen molar-refractivity contribution in [3.8, 4) is 0 Å². The van der Waals surface area contributed by atoms with Gasteiger partial charge in [0.1, 0.15) is 0 Å². The molecule has 0 aliphatic heterocycles. The molecule has 0 aromatic rings. The van der Waals surface area contributed by atoms with Gasteiger partial charge in [-0.2, -0.15) is 0 Å². The average molecular weight is 283 g/mol. The molecule has 0 spiro atoms. The van der Waals surface area contributed by atoms with Crippen LogP contribution >= 0.6 is 0 Å². The van der Waals surface area contributed by atoms with Gasteiger partial charge in [0.15, 0.2) is 0 Å². The second-order valence-corrected chi connectivity index (χ2v) is 6.44. The largest absolute Gasteiger partial charge is 0.385 e. The fourth-order valence-electron chi connectivity index (χ4n) is 3.31. The van der Waals surface area contributed by atoms with E-state index >= 15 is 0 Å². The fraction of sp³-hybridized carbons (Fsp3) is 0.933. The maximum atomic E-state index is 12.0. The van der Waals surface area contributed by atoms with Gasteiger partial charge in [-0.05, 0) is 52.0 Å². The number of hydrogen-bond donors (Lipinski definition) is 2. The topological polar surface area (TPSA) is 67.6 Å². The first-order chi connectivity index (χ1) is 9.57. The Morgan fingerprint density at radius 2 is 2.20 bits per heavy atom. The third-order valence-electron chi connectivity index (χ3n) is 4.74. The van der Waals surface area contributed by atoms with E-state index in [1.807, 2.05) is 0 Å². The zero-order valence-electron chi connectivity index (χ0n) is 12.9. The second-order valence-electron chi connectivity index (χ2n) is 6.44. The molecular formula is C15H29N3O2. The van der Waals surface area contributed by atoms with Gasteiger partial charge in [0.2, 0.25) is 5.91 Å². The summed E-state index contributed by atoms with van der Waals surface area (Å²) in [5, 5.41) is 3.53. The Kier molecular flexibility index (Phi) is 5.41. The smallest absolute Gasteiger partial charge is 0.237 e. The third-order valence-corrected chi connectivity index (χ3v) is 4.74. The minimum atomic E-state index is -0.473. The van der Waals surface area contributed by atoms with Crippen LogP contribution in [0.4, 0.5) is 0 Å². The van der Waals surface area contributed by atoms with Crippen molar-refractivity contribution >= 4 is 5.91 Å². The molecule has 3 N–H and O–H groups in total. The Morgan fingerprint density at radius 3 is 2.80 bits per heavy atom. The van der Waals surface area contributed by atoms with Crippen molar-refractivity contribution in [2.75, 3.05) is 27.3 Å². The molecular weight excluding hydrogens is 254 g/mol. The number of nitrogens with one attached hydrogen (secondary N) is 1. The van der Waals surface area contributed by atoms with Gasteiger partial charge in [-0.15, -0.1) is 0 Å². The van der Waals surface area contributed by atoms with Crippen molar-refractivity contribution in [2.24, 2.45) is 5.73 Å². The molecule has 5 nitrogen and oxygen atoms in total. The van der Waals surface area contributed by atoms with Crippen LogP contribution in [0.1, 0.15) is 44.9 Å². The van der Waals surface area contributed by atoms with Gasteiger partial charge in [-0.3, -0.25) is 4.79 Å². The average Bonchev–Trinajstić information content (AvgIpc) is 3.23. The Morgan fingerprint density at radius 1 is 1.45 bits per heavy atom. The molecule has 20 heavy (non-hydrogen) atoms. The molecule has 2 unspecified atom stereocenters. The number of methoxy groups -OCH3 is 1. The first kappa shape index (κ1) is 15.7. The lowest BCUT2D eigenvalue weighted by molar-refractivity contribution is -0.126. The zero-order chi connectivity index (χ0) is 14.6. The van der Waals surface area contributed by atoms with Crippen LogP contribution in [0.2, 0.25) is 0 Å². The predicted octanol–water partition coefficient (Wildman–Crippen LogP) is 0.873. The Balaban J connectivity index is 1.92. The predicted molar refractivity (Wildman–Crippen MR) is 79.5 cm³/mol. The summed E-state index contributed by atoms with van der Waals surface area (Å²) in [6.45, 7) is 1.80. The summed E-state index contributed by atoms with van der Waals surface area (Å²) < 4.78 is 5.11. The van der Waals surface area contributed by atoms with Crippen LogP contribution in [-0.4, -0.2) is 55.7 Å². The number of carbonyl (C=O) groups excluding carboxylic acids is 1. The summed E-state index contributed by atoms with van der Waals surface area (Å²) in [5.74, 6) is -0.167. The van der Waals surface area contributed by atoms with Crippen molar-refractivity contribution in [3.05, 3.63) is 0 Å². The lowest BCUT2D eigenvalue weighted by atomic mass is 9.77. The van der Waals surface area contributed by atoms with Gasteiger partial charge in [0.25, 0.3) is 0 Å². The molecule has 0 aromatic carbocycles. The number of ether oxygens (including phenoxy) is 1. The maximum Gasteiger partial charge on any atom is 0.237 e. The highest BCUT2D eigenvalue weighted by atomic mass is 16.5. The lowest BCUT2D eigenvalue weighted by Crippen LogP contribution is -2.61. The molecule has 0 heterocycles. The number of primary amides is 1. The first-order valence-corrected chi connectivity index (χ1v) is 7.84. The summed E-state index contributed by atoms with van der Waals surface area (Å²) in [5.41, 5.74) is 5.25. The van der Waals surface area contributed by atoms with Crippen LogP contribution in [0, 0.1) is 0 Å². The van der Waals surface area contributed by atoms with E-state index in [0.29, 0.717) is 12.1 Å². The number of rotatable bonds is 8. The molecule has 0 bridgehead atoms. The van der Waals surface area contributed by atoms with E-state index in [1.54, 1.807) is 7.11 Å². The van der Waals surface area contributed by atoms with Gasteiger partial charge in [-0.25, -0.2) is 0 Å². The quantitative estimate of drug-likeness (QED) is 0.649. The first-order valence-electron chi connectivity index (χ1n) is 7.84. The highest BCUT2D eigenvalue weighted by Gasteiger charge is 2.45. The molecule has 2 atom stereocenters. The number of amides is 1. The third kappa shape index (κ3) is 3.93. The van der Waals surface area contributed by atoms with Crippen molar-refractivity contribution in [2.45, 2.75) is 62.6 Å². The minimum Gasteiger partial charge on any atom is -0.385 e. The zero-order valence-corrected chi connectivity index (χ0v) is 12.9. The highest BCUT2D eigenvalue weighted by Crippen LogP contribution is 2.34. The summed E-state index contributed by atoms with van der Waals surface area (Å²) in [7, 11) is 3.88. The Labute approximate surface area is 122 Å². The normalized spacial score (nSPS) is 30.6. The van der Waals surface area contributed by atoms with Crippen molar-refractivity contribution in [1.82, 2.24) is 10.2 Å². The van der Waals surface area contributed by atoms with Gasteiger partial charge >= 0.3 is 0 Å². The maximum absolute atomic E-state index is 12.0. The number of hydrogen-bond acceptors (Lipinski definition) is 4. The van der Waals surface area contributed by atoms with E-state index in [-0.39, 0.29) is 5.91 Å². The molecule has 2 aliphatic carbocycles. The standard InChI is InChI=1S/C15H29N3O2/c1-18(9-4-10-20-2)13-5-3-8-15(11-13,14(16)19)17-12-6-7-12/h12-13,17H,3-11H2,1-2H3,(H2,16,19). The van der Waals surface area contributed by atoms with Crippen LogP contribution in [0.15, 0.2) is 0 Å². The van der Waals surface area contributed by atoms with Crippen molar-refractivity contribution < 1.29 is 9.53 Å². The Bertz CT molecular complexity index is 333. The summed E-state index contributed by atoms with van der Waals surface area (Å²) in [6.07, 6.45) is 7.37. The number of carbonyl (C=O) groups is 1. The van der Waals surface area contributed by atoms with Gasteiger partial charge in [0.05, 0.1) is 5.54 Å². The van der Waals surface area contributed by atoms with E-state index in [0.717, 1.165) is 45.3 Å². The lowest BCUT2D eigenvalue weighted by Gasteiger charge is -2.42. The molecule has 2 aliphatic rings. The molecule has 0 saturated heterocycles. The van der Waals surface area contributed by atoms with Crippen molar-refractivity contribution in [1.29, 1.82) is 0 Å². The van der Waals surface area contributed by atoms with Crippen LogP contribution in [0.25, 0.3) is 0 Å². The molecule has 0 radical (unpaired) electrons. The van der Waals surface area contributed by atoms with E-state index in [2.05, 4.69) is 17.3 Å². The number of nitrogens with two attached hydrogens (primary N) is 1. The van der Waals surface area contributed by atoms with Gasteiger partial charge < -0.3 is 20.7 Å². The van der Waals surface area contributed by atoms with E-state index in [1.165, 1.54) is 12.8 Å². The Hall–Kier alpha value is -0.650. The van der Waals surface area contributed by atoms with E-state index in [4.69, 9.17) is 10.5 Å². The SMILES string of the molecule is COCCCN(C)C1CCCC(NC2CC2)(C(N)=O)C1. The molecule has 2 saturated carbocycles. The molecule has 2 fully saturated rings. The van der Waals surface area contributed by atoms with Crippen LogP contribution in [-0.2, 0) is 9.53 Å². The van der Waals surface area contributed by atoms with E-state index in [9.17, 15) is 4.79 Å². The fourth-order valence-corrected chi connectivity index (χ4v) is 3.31. The van der Waals surface area contributed by atoms with Gasteiger partial charge in [0, 0.05) is 32.3 Å². The monoisotopic (exact) mass is 283 g/mol. The highest BCUT2D eigenvalue weighted by molar-refractivity contribution is 5.85. The molecule has 0 aromatic heterocycles.